The maximum atomic E-state index is 11.4. The second-order valence-electron chi connectivity index (χ2n) is 1.80. The number of esters is 1. The Morgan fingerprint density at radius 1 is 1.55 bits per heavy atom. The number of allylic oxidation sites excluding steroid dienone is 1. The average Bonchev–Trinajstić information content (AvgIpc) is 1.78. The largest absolute Gasteiger partial charge is 0.435 e. The van der Waals surface area contributed by atoms with Crippen molar-refractivity contribution in [2.24, 2.45) is 0 Å². The summed E-state index contributed by atoms with van der Waals surface area (Å²) in [5.74, 6) is -0.636. The third-order valence-electron chi connectivity index (χ3n) is 0.680. The zero-order valence-corrected chi connectivity index (χ0v) is 5.81. The molecule has 0 fully saturated rings. The summed E-state index contributed by atoms with van der Waals surface area (Å²) in [6.45, 7) is 1.11. The molecule has 2 nitrogen and oxygen atoms in total. The molecule has 0 spiro atoms. The van der Waals surface area contributed by atoms with Crippen LogP contribution in [-0.4, -0.2) is 12.1 Å². The summed E-state index contributed by atoms with van der Waals surface area (Å²) in [6.07, 6.45) is -3.85. The highest BCUT2D eigenvalue weighted by Crippen LogP contribution is 2.19. The van der Waals surface area contributed by atoms with Gasteiger partial charge in [0.15, 0.2) is 0 Å². The monoisotopic (exact) mass is 168 g/mol. The van der Waals surface area contributed by atoms with E-state index in [0.717, 1.165) is 19.3 Å². The van der Waals surface area contributed by atoms with Crippen LogP contribution in [0, 0.1) is 0 Å². The van der Waals surface area contributed by atoms with Gasteiger partial charge in [-0.2, -0.15) is 13.2 Å². The topological polar surface area (TPSA) is 26.3 Å². The predicted molar refractivity (Wildman–Crippen MR) is 31.6 cm³/mol. The van der Waals surface area contributed by atoms with E-state index in [1.54, 1.807) is 0 Å². The highest BCUT2D eigenvalue weighted by Gasteiger charge is 2.24. The Balaban J connectivity index is 3.53. The smallest absolute Gasteiger partial charge is 0.392 e. The summed E-state index contributed by atoms with van der Waals surface area (Å²) in [5, 5.41) is 0. The SMILES string of the molecule is CC(=O)OC=CCC(F)(F)F. The first-order chi connectivity index (χ1) is 4.92. The molecule has 64 valence electrons. The van der Waals surface area contributed by atoms with E-state index in [1.807, 2.05) is 0 Å². The molecule has 11 heavy (non-hydrogen) atoms. The molecule has 0 saturated carbocycles. The van der Waals surface area contributed by atoms with E-state index in [9.17, 15) is 18.0 Å². The predicted octanol–water partition coefficient (Wildman–Crippen LogP) is 2.02. The highest BCUT2D eigenvalue weighted by molar-refractivity contribution is 5.66. The van der Waals surface area contributed by atoms with Crippen LogP contribution in [0.2, 0.25) is 0 Å². The van der Waals surface area contributed by atoms with Gasteiger partial charge in [-0.15, -0.1) is 0 Å². The summed E-state index contributed by atoms with van der Waals surface area (Å²) >= 11 is 0. The number of alkyl halides is 3. The molecule has 0 aromatic carbocycles. The second kappa shape index (κ2) is 4.00. The van der Waals surface area contributed by atoms with E-state index in [4.69, 9.17) is 0 Å². The first-order valence-corrected chi connectivity index (χ1v) is 2.81. The van der Waals surface area contributed by atoms with Crippen LogP contribution in [-0.2, 0) is 9.53 Å². The van der Waals surface area contributed by atoms with Crippen LogP contribution in [0.4, 0.5) is 13.2 Å². The van der Waals surface area contributed by atoms with E-state index in [-0.39, 0.29) is 0 Å². The molecule has 0 aromatic rings. The number of hydrogen-bond acceptors (Lipinski definition) is 2. The van der Waals surface area contributed by atoms with E-state index in [2.05, 4.69) is 4.74 Å². The lowest BCUT2D eigenvalue weighted by atomic mass is 10.4. The van der Waals surface area contributed by atoms with Crippen LogP contribution in [0.3, 0.4) is 0 Å². The molecule has 0 aliphatic rings. The van der Waals surface area contributed by atoms with Crippen molar-refractivity contribution in [1.82, 2.24) is 0 Å². The van der Waals surface area contributed by atoms with E-state index in [0.29, 0.717) is 0 Å². The highest BCUT2D eigenvalue weighted by atomic mass is 19.4. The van der Waals surface area contributed by atoms with Crippen molar-refractivity contribution in [2.45, 2.75) is 19.5 Å². The molecule has 0 bridgehead atoms. The van der Waals surface area contributed by atoms with Crippen LogP contribution in [0.25, 0.3) is 0 Å². The average molecular weight is 168 g/mol. The van der Waals surface area contributed by atoms with Gasteiger partial charge in [0.1, 0.15) is 0 Å². The molecule has 0 amide bonds. The Hall–Kier alpha value is -1.00. The maximum absolute atomic E-state index is 11.4. The van der Waals surface area contributed by atoms with Crippen molar-refractivity contribution < 1.29 is 22.7 Å². The third-order valence-corrected chi connectivity index (χ3v) is 0.680. The zero-order valence-electron chi connectivity index (χ0n) is 5.81. The molecule has 0 rings (SSSR count). The number of rotatable bonds is 2. The van der Waals surface area contributed by atoms with Crippen LogP contribution in [0.5, 0.6) is 0 Å². The van der Waals surface area contributed by atoms with Gasteiger partial charge in [0.25, 0.3) is 0 Å². The summed E-state index contributed by atoms with van der Waals surface area (Å²) in [4.78, 5) is 10.0. The first kappa shape index (κ1) is 10.0. The molecule has 0 N–H and O–H groups in total. The van der Waals surface area contributed by atoms with Crippen molar-refractivity contribution in [3.05, 3.63) is 12.3 Å². The minimum Gasteiger partial charge on any atom is -0.435 e. The molecule has 0 unspecified atom stereocenters. The van der Waals surface area contributed by atoms with Gasteiger partial charge in [-0.05, 0) is 6.08 Å². The second-order valence-corrected chi connectivity index (χ2v) is 1.80. The normalized spacial score (nSPS) is 12.0. The van der Waals surface area contributed by atoms with Crippen molar-refractivity contribution in [1.29, 1.82) is 0 Å². The molecule has 0 radical (unpaired) electrons. The Morgan fingerprint density at radius 2 is 2.09 bits per heavy atom. The fourth-order valence-corrected chi connectivity index (χ4v) is 0.326. The van der Waals surface area contributed by atoms with Crippen LogP contribution in [0.15, 0.2) is 12.3 Å². The van der Waals surface area contributed by atoms with Crippen molar-refractivity contribution in [3.63, 3.8) is 0 Å². The number of carbonyl (C=O) groups excluding carboxylic acids is 1. The van der Waals surface area contributed by atoms with Crippen LogP contribution >= 0.6 is 0 Å². The molecule has 0 aromatic heterocycles. The van der Waals surface area contributed by atoms with E-state index >= 15 is 0 Å². The van der Waals surface area contributed by atoms with Crippen molar-refractivity contribution in [2.75, 3.05) is 0 Å². The molecule has 0 saturated heterocycles. The van der Waals surface area contributed by atoms with Crippen LogP contribution < -0.4 is 0 Å². The standard InChI is InChI=1S/C6H7F3O2/c1-5(10)11-4-2-3-6(7,8)9/h2,4H,3H2,1H3. The molecule has 0 heterocycles. The van der Waals surface area contributed by atoms with Gasteiger partial charge in [0.05, 0.1) is 12.7 Å². The van der Waals surface area contributed by atoms with E-state index in [1.165, 1.54) is 0 Å². The molecular formula is C6H7F3O2. The molecule has 0 aliphatic heterocycles. The molecule has 0 atom stereocenters. The lowest BCUT2D eigenvalue weighted by molar-refractivity contribution is -0.136. The number of hydrogen-bond donors (Lipinski definition) is 0. The lowest BCUT2D eigenvalue weighted by Gasteiger charge is -1.99. The number of ether oxygens (including phenoxy) is 1. The number of carbonyl (C=O) groups is 1. The van der Waals surface area contributed by atoms with Gasteiger partial charge in [-0.1, -0.05) is 0 Å². The van der Waals surface area contributed by atoms with Gasteiger partial charge in [0, 0.05) is 6.92 Å². The first-order valence-electron chi connectivity index (χ1n) is 2.81. The van der Waals surface area contributed by atoms with Gasteiger partial charge in [-0.3, -0.25) is 4.79 Å². The third kappa shape index (κ3) is 9.00. The minimum absolute atomic E-state index is 0.636. The van der Waals surface area contributed by atoms with Gasteiger partial charge >= 0.3 is 12.1 Å². The fraction of sp³-hybridized carbons (Fsp3) is 0.500. The fourth-order valence-electron chi connectivity index (χ4n) is 0.326. The summed E-state index contributed by atoms with van der Waals surface area (Å²) < 4.78 is 38.3. The Bertz CT molecular complexity index is 160. The minimum atomic E-state index is -4.24. The maximum Gasteiger partial charge on any atom is 0.392 e. The van der Waals surface area contributed by atoms with Crippen molar-refractivity contribution in [3.8, 4) is 0 Å². The summed E-state index contributed by atoms with van der Waals surface area (Å²) in [7, 11) is 0. The van der Waals surface area contributed by atoms with Gasteiger partial charge in [0.2, 0.25) is 0 Å². The Labute approximate surface area is 61.6 Å². The van der Waals surface area contributed by atoms with Gasteiger partial charge < -0.3 is 4.74 Å². The summed E-state index contributed by atoms with van der Waals surface area (Å²) in [6, 6.07) is 0. The van der Waals surface area contributed by atoms with Crippen molar-refractivity contribution >= 4 is 5.97 Å². The molecule has 5 heteroatoms. The lowest BCUT2D eigenvalue weighted by Crippen LogP contribution is -2.04. The zero-order chi connectivity index (χ0) is 8.91. The molecule has 0 aliphatic carbocycles. The Morgan fingerprint density at radius 3 is 2.45 bits per heavy atom. The van der Waals surface area contributed by atoms with E-state index < -0.39 is 18.6 Å². The Kier molecular flexibility index (Phi) is 3.64. The van der Waals surface area contributed by atoms with Crippen LogP contribution in [0.1, 0.15) is 13.3 Å². The number of halogens is 3. The van der Waals surface area contributed by atoms with Gasteiger partial charge in [-0.25, -0.2) is 0 Å². The summed E-state index contributed by atoms with van der Waals surface area (Å²) in [5.41, 5.74) is 0. The quantitative estimate of drug-likeness (QED) is 0.465. The molecular weight excluding hydrogens is 161 g/mol.